The van der Waals surface area contributed by atoms with E-state index in [-0.39, 0.29) is 23.7 Å². The molecule has 0 N–H and O–H groups in total. The molecule has 2 heterocycles. The minimum atomic E-state index is -0.904. The molecule has 1 aromatic heterocycles. The quantitative estimate of drug-likeness (QED) is 0.118. The molecule has 8 heteroatoms. The Morgan fingerprint density at radius 1 is 0.974 bits per heavy atom. The summed E-state index contributed by atoms with van der Waals surface area (Å²) in [6.45, 7) is 3.67. The molecule has 4 aromatic rings. The lowest BCUT2D eigenvalue weighted by atomic mass is 9.80. The second-order valence-corrected chi connectivity index (χ2v) is 9.24. The highest BCUT2D eigenvalue weighted by molar-refractivity contribution is 6.15. The molecule has 0 spiro atoms. The summed E-state index contributed by atoms with van der Waals surface area (Å²) in [5.41, 5.74) is 3.49. The molecular weight excluding hydrogens is 484 g/mol. The molecule has 8 nitrogen and oxygen atoms in total. The van der Waals surface area contributed by atoms with Crippen molar-refractivity contribution in [1.82, 2.24) is 0 Å². The summed E-state index contributed by atoms with van der Waals surface area (Å²) in [6.07, 6.45) is -0.0579. The first-order valence-corrected chi connectivity index (χ1v) is 12.1. The third-order valence-electron chi connectivity index (χ3n) is 6.82. The Balaban J connectivity index is 1.59. The van der Waals surface area contributed by atoms with E-state index in [0.29, 0.717) is 28.2 Å². The zero-order chi connectivity index (χ0) is 26.8. The average Bonchev–Trinajstić information content (AvgIpc) is 3.56. The van der Waals surface area contributed by atoms with Gasteiger partial charge in [0.2, 0.25) is 0 Å². The van der Waals surface area contributed by atoms with E-state index < -0.39 is 22.7 Å². The highest BCUT2D eigenvalue weighted by Gasteiger charge is 2.43. The number of carbonyl (C=O) groups excluding carboxylic acids is 2. The summed E-state index contributed by atoms with van der Waals surface area (Å²) in [6, 6.07) is 24.4. The Morgan fingerprint density at radius 2 is 1.63 bits per heavy atom. The van der Waals surface area contributed by atoms with Crippen LogP contribution in [-0.2, 0) is 9.63 Å². The van der Waals surface area contributed by atoms with E-state index in [2.05, 4.69) is 5.16 Å². The Kier molecular flexibility index (Phi) is 6.70. The molecule has 3 aromatic carbocycles. The number of hydrogen-bond donors (Lipinski definition) is 0. The molecule has 1 aliphatic rings. The van der Waals surface area contributed by atoms with Gasteiger partial charge in [-0.05, 0) is 43.2 Å². The van der Waals surface area contributed by atoms with Gasteiger partial charge < -0.3 is 9.25 Å². The maximum absolute atomic E-state index is 13.3. The van der Waals surface area contributed by atoms with Crippen LogP contribution in [0.3, 0.4) is 0 Å². The van der Waals surface area contributed by atoms with Crippen LogP contribution in [0.4, 0.5) is 5.69 Å². The van der Waals surface area contributed by atoms with Crippen LogP contribution < -0.4 is 0 Å². The smallest absolute Gasteiger partial charge is 0.344 e. The van der Waals surface area contributed by atoms with Gasteiger partial charge in [0, 0.05) is 29.5 Å². The molecule has 0 fully saturated rings. The first-order chi connectivity index (χ1) is 18.3. The number of nitro benzene ring substituents is 1. The van der Waals surface area contributed by atoms with Crippen molar-refractivity contribution in [3.8, 4) is 11.3 Å². The molecule has 0 aliphatic carbocycles. The van der Waals surface area contributed by atoms with Gasteiger partial charge in [0.1, 0.15) is 23.2 Å². The molecule has 0 bridgehead atoms. The van der Waals surface area contributed by atoms with Crippen molar-refractivity contribution in [2.24, 2.45) is 11.1 Å². The normalized spacial score (nSPS) is 15.6. The Morgan fingerprint density at radius 3 is 2.32 bits per heavy atom. The van der Waals surface area contributed by atoms with Crippen LogP contribution in [0.2, 0.25) is 0 Å². The summed E-state index contributed by atoms with van der Waals surface area (Å²) >= 11 is 0. The van der Waals surface area contributed by atoms with E-state index in [4.69, 9.17) is 9.25 Å². The van der Waals surface area contributed by atoms with E-state index in [1.807, 2.05) is 43.3 Å². The Bertz CT molecular complexity index is 1560. The van der Waals surface area contributed by atoms with Crippen molar-refractivity contribution < 1.29 is 23.8 Å². The topological polar surface area (TPSA) is 112 Å². The summed E-state index contributed by atoms with van der Waals surface area (Å²) < 4.78 is 6.18. The van der Waals surface area contributed by atoms with Crippen LogP contribution in [0, 0.1) is 29.9 Å². The summed E-state index contributed by atoms with van der Waals surface area (Å²) in [5.74, 6) is -1.82. The number of aryl methyl sites for hydroxylation is 2. The van der Waals surface area contributed by atoms with Gasteiger partial charge in [-0.1, -0.05) is 65.8 Å². The Hall–Kier alpha value is -4.85. The molecule has 190 valence electrons. The molecule has 5 rings (SSSR count). The zero-order valence-electron chi connectivity index (χ0n) is 20.8. The van der Waals surface area contributed by atoms with Gasteiger partial charge in [-0.25, -0.2) is 4.79 Å². The van der Waals surface area contributed by atoms with Gasteiger partial charge in [0.05, 0.1) is 10.5 Å². The lowest BCUT2D eigenvalue weighted by molar-refractivity contribution is -0.384. The van der Waals surface area contributed by atoms with Crippen LogP contribution >= 0.6 is 0 Å². The van der Waals surface area contributed by atoms with Gasteiger partial charge in [0.25, 0.3) is 5.69 Å². The second-order valence-electron chi connectivity index (χ2n) is 9.24. The Labute approximate surface area is 218 Å². The van der Waals surface area contributed by atoms with Gasteiger partial charge >= 0.3 is 5.97 Å². The molecule has 1 aliphatic heterocycles. The molecule has 2 unspecified atom stereocenters. The van der Waals surface area contributed by atoms with Crippen molar-refractivity contribution >= 4 is 23.2 Å². The summed E-state index contributed by atoms with van der Waals surface area (Å²) in [4.78, 5) is 42.8. The van der Waals surface area contributed by atoms with Crippen LogP contribution in [0.25, 0.3) is 11.3 Å². The van der Waals surface area contributed by atoms with Gasteiger partial charge in [-0.3, -0.25) is 14.9 Å². The number of furan rings is 1. The lowest BCUT2D eigenvalue weighted by Gasteiger charge is -2.20. The van der Waals surface area contributed by atoms with Gasteiger partial charge in [-0.15, -0.1) is 0 Å². The highest BCUT2D eigenvalue weighted by Crippen LogP contribution is 2.40. The van der Waals surface area contributed by atoms with Crippen molar-refractivity contribution in [3.05, 3.63) is 123 Å². The average molecular weight is 509 g/mol. The SMILES string of the molecule is Cc1cc(-c2ccc(C(CC(=O)c3ccccc3)C3C(=O)ON=C3c3ccccc3)o2)c([N+](=O)[O-])cc1C. The fourth-order valence-corrected chi connectivity index (χ4v) is 4.69. The van der Waals surface area contributed by atoms with E-state index in [1.54, 1.807) is 49.4 Å². The fraction of sp³-hybridized carbons (Fsp3) is 0.167. The number of nitro groups is 1. The van der Waals surface area contributed by atoms with E-state index >= 15 is 0 Å². The minimum Gasteiger partial charge on any atom is -0.460 e. The summed E-state index contributed by atoms with van der Waals surface area (Å²) in [5, 5.41) is 15.8. The first kappa shape index (κ1) is 24.8. The molecule has 38 heavy (non-hydrogen) atoms. The number of oxime groups is 1. The monoisotopic (exact) mass is 508 g/mol. The number of carbonyl (C=O) groups is 2. The fourth-order valence-electron chi connectivity index (χ4n) is 4.69. The predicted octanol–water partition coefficient (Wildman–Crippen LogP) is 6.41. The van der Waals surface area contributed by atoms with Gasteiger partial charge in [-0.2, -0.15) is 0 Å². The maximum atomic E-state index is 13.3. The number of nitrogens with zero attached hydrogens (tertiary/aromatic N) is 2. The molecular formula is C30H24N2O6. The third kappa shape index (κ3) is 4.76. The lowest BCUT2D eigenvalue weighted by Crippen LogP contribution is -2.28. The number of Topliss-reactive ketones (excluding diaryl/α,β-unsaturated/α-hetero) is 1. The number of ketones is 1. The van der Waals surface area contributed by atoms with Crippen LogP contribution in [-0.4, -0.2) is 22.4 Å². The van der Waals surface area contributed by atoms with Crippen LogP contribution in [0.1, 0.15) is 45.1 Å². The molecule has 0 saturated carbocycles. The van der Waals surface area contributed by atoms with E-state index in [0.717, 1.165) is 11.1 Å². The van der Waals surface area contributed by atoms with E-state index in [9.17, 15) is 19.7 Å². The number of rotatable bonds is 8. The largest absolute Gasteiger partial charge is 0.460 e. The van der Waals surface area contributed by atoms with Crippen molar-refractivity contribution in [3.63, 3.8) is 0 Å². The van der Waals surface area contributed by atoms with Crippen molar-refractivity contribution in [2.45, 2.75) is 26.2 Å². The standard InChI is InChI=1S/C30H24N2O6/c1-18-15-22(24(32(35)36)16-19(18)2)26-13-14-27(37-26)23(17-25(33)20-9-5-3-6-10-20)28-29(31-38-30(28)34)21-11-7-4-8-12-21/h3-16,23,28H,17H2,1-2H3. The number of hydrogen-bond acceptors (Lipinski definition) is 7. The first-order valence-electron chi connectivity index (χ1n) is 12.1. The van der Waals surface area contributed by atoms with E-state index in [1.165, 1.54) is 6.07 Å². The minimum absolute atomic E-state index is 0.0579. The highest BCUT2D eigenvalue weighted by atomic mass is 16.7. The zero-order valence-corrected chi connectivity index (χ0v) is 20.8. The maximum Gasteiger partial charge on any atom is 0.344 e. The van der Waals surface area contributed by atoms with Crippen molar-refractivity contribution in [1.29, 1.82) is 0 Å². The molecule has 0 saturated heterocycles. The molecule has 0 amide bonds. The third-order valence-corrected chi connectivity index (χ3v) is 6.82. The van der Waals surface area contributed by atoms with Crippen molar-refractivity contribution in [2.75, 3.05) is 0 Å². The second kappa shape index (κ2) is 10.3. The van der Waals surface area contributed by atoms with Crippen LogP contribution in [0.5, 0.6) is 0 Å². The van der Waals surface area contributed by atoms with Gasteiger partial charge in [0.15, 0.2) is 5.78 Å². The molecule has 2 atom stereocenters. The molecule has 0 radical (unpaired) electrons. The summed E-state index contributed by atoms with van der Waals surface area (Å²) in [7, 11) is 0. The van der Waals surface area contributed by atoms with Crippen LogP contribution in [0.15, 0.2) is 94.5 Å². The predicted molar refractivity (Wildman–Crippen MR) is 141 cm³/mol. The number of benzene rings is 3.